The van der Waals surface area contributed by atoms with Crippen molar-refractivity contribution < 1.29 is 14.8 Å². The van der Waals surface area contributed by atoms with E-state index in [0.717, 1.165) is 19.3 Å². The van der Waals surface area contributed by atoms with E-state index in [1.807, 2.05) is 6.92 Å². The summed E-state index contributed by atoms with van der Waals surface area (Å²) in [7, 11) is 0. The molecule has 0 bridgehead atoms. The van der Waals surface area contributed by atoms with Gasteiger partial charge in [-0.3, -0.25) is 14.9 Å². The molecule has 1 fully saturated rings. The van der Waals surface area contributed by atoms with Crippen LogP contribution in [0.15, 0.2) is 36.9 Å². The number of rotatable bonds is 5. The number of aromatic nitrogens is 2. The molecule has 1 aromatic carbocycles. The quantitative estimate of drug-likeness (QED) is 0.637. The number of aliphatic hydroxyl groups excluding tert-OH is 1. The summed E-state index contributed by atoms with van der Waals surface area (Å²) >= 11 is 0. The Morgan fingerprint density at radius 2 is 2.36 bits per heavy atom. The fourth-order valence-corrected chi connectivity index (χ4v) is 3.34. The maximum atomic E-state index is 12.5. The van der Waals surface area contributed by atoms with Crippen molar-refractivity contribution in [2.45, 2.75) is 32.2 Å². The highest BCUT2D eigenvalue weighted by Crippen LogP contribution is 2.37. The van der Waals surface area contributed by atoms with Gasteiger partial charge < -0.3 is 15.0 Å². The van der Waals surface area contributed by atoms with Gasteiger partial charge in [0.2, 0.25) is 0 Å². The Morgan fingerprint density at radius 3 is 3.00 bits per heavy atom. The van der Waals surface area contributed by atoms with Gasteiger partial charge in [0.05, 0.1) is 17.9 Å². The average Bonchev–Trinajstić information content (AvgIpc) is 3.25. The minimum atomic E-state index is -0.514. The molecule has 1 heterocycles. The lowest BCUT2D eigenvalue weighted by Crippen LogP contribution is -2.44. The van der Waals surface area contributed by atoms with Crippen molar-refractivity contribution in [2.75, 3.05) is 6.61 Å². The Labute approximate surface area is 144 Å². The molecule has 1 saturated carbocycles. The molecule has 0 saturated heterocycles. The van der Waals surface area contributed by atoms with Gasteiger partial charge in [-0.25, -0.2) is 4.98 Å². The van der Waals surface area contributed by atoms with Crippen LogP contribution in [-0.4, -0.2) is 38.1 Å². The first kappa shape index (κ1) is 17.1. The van der Waals surface area contributed by atoms with E-state index in [-0.39, 0.29) is 35.2 Å². The van der Waals surface area contributed by atoms with Crippen LogP contribution >= 0.6 is 0 Å². The van der Waals surface area contributed by atoms with Crippen LogP contribution in [0.1, 0.15) is 36.5 Å². The number of nitro groups is 1. The second-order valence-corrected chi connectivity index (χ2v) is 6.66. The van der Waals surface area contributed by atoms with E-state index in [4.69, 9.17) is 0 Å². The number of imidazole rings is 1. The van der Waals surface area contributed by atoms with Crippen molar-refractivity contribution in [3.8, 4) is 5.69 Å². The Kier molecular flexibility index (Phi) is 4.54. The molecular weight excluding hydrogens is 324 g/mol. The third-order valence-electron chi connectivity index (χ3n) is 4.97. The minimum Gasteiger partial charge on any atom is -0.396 e. The van der Waals surface area contributed by atoms with Gasteiger partial charge in [-0.1, -0.05) is 13.3 Å². The van der Waals surface area contributed by atoms with Gasteiger partial charge in [0, 0.05) is 35.5 Å². The summed E-state index contributed by atoms with van der Waals surface area (Å²) in [5, 5.41) is 23.9. The summed E-state index contributed by atoms with van der Waals surface area (Å²) in [5.74, 6) is -0.369. The summed E-state index contributed by atoms with van der Waals surface area (Å²) in [6, 6.07) is 4.23. The summed E-state index contributed by atoms with van der Waals surface area (Å²) in [4.78, 5) is 27.3. The number of hydrogen-bond acceptors (Lipinski definition) is 5. The fraction of sp³-hybridized carbons (Fsp3) is 0.412. The van der Waals surface area contributed by atoms with Crippen molar-refractivity contribution >= 4 is 11.6 Å². The largest absolute Gasteiger partial charge is 0.396 e. The highest BCUT2D eigenvalue weighted by atomic mass is 16.6. The lowest BCUT2D eigenvalue weighted by molar-refractivity contribution is -0.384. The minimum absolute atomic E-state index is 0.00232. The van der Waals surface area contributed by atoms with Crippen LogP contribution in [0.2, 0.25) is 0 Å². The van der Waals surface area contributed by atoms with Crippen molar-refractivity contribution in [2.24, 2.45) is 5.41 Å². The van der Waals surface area contributed by atoms with Gasteiger partial charge in [0.1, 0.15) is 5.69 Å². The normalized spacial score (nSPS) is 22.7. The molecule has 25 heavy (non-hydrogen) atoms. The molecule has 8 heteroatoms. The smallest absolute Gasteiger partial charge is 0.294 e. The maximum absolute atomic E-state index is 12.5. The second kappa shape index (κ2) is 6.64. The lowest BCUT2D eigenvalue weighted by atomic mass is 9.85. The predicted molar refractivity (Wildman–Crippen MR) is 90.5 cm³/mol. The molecule has 3 rings (SSSR count). The number of nitrogens with zero attached hydrogens (tertiary/aromatic N) is 3. The lowest BCUT2D eigenvalue weighted by Gasteiger charge is -2.30. The van der Waals surface area contributed by atoms with E-state index >= 15 is 0 Å². The van der Waals surface area contributed by atoms with Crippen LogP contribution in [0.4, 0.5) is 5.69 Å². The molecule has 8 nitrogen and oxygen atoms in total. The molecule has 1 amide bonds. The number of amides is 1. The van der Waals surface area contributed by atoms with Crippen molar-refractivity contribution in [1.29, 1.82) is 0 Å². The Bertz CT molecular complexity index is 790. The van der Waals surface area contributed by atoms with E-state index in [9.17, 15) is 20.0 Å². The topological polar surface area (TPSA) is 110 Å². The molecule has 0 radical (unpaired) electrons. The second-order valence-electron chi connectivity index (χ2n) is 6.66. The molecule has 0 aliphatic heterocycles. The SMILES string of the molecule is CC1(CO)CCCC1NC(=O)c1ccc(-n2ccnc2)c([N+](=O)[O-])c1. The molecule has 2 N–H and O–H groups in total. The average molecular weight is 344 g/mol. The van der Waals surface area contributed by atoms with E-state index in [2.05, 4.69) is 10.3 Å². The number of hydrogen-bond donors (Lipinski definition) is 2. The van der Waals surface area contributed by atoms with Crippen molar-refractivity contribution in [1.82, 2.24) is 14.9 Å². The third-order valence-corrected chi connectivity index (χ3v) is 4.97. The highest BCUT2D eigenvalue weighted by Gasteiger charge is 2.39. The maximum Gasteiger partial charge on any atom is 0.294 e. The fourth-order valence-electron chi connectivity index (χ4n) is 3.34. The molecule has 2 aromatic rings. The zero-order chi connectivity index (χ0) is 18.0. The number of nitro benzene ring substituents is 1. The predicted octanol–water partition coefficient (Wildman–Crippen LogP) is 2.06. The van der Waals surface area contributed by atoms with Crippen LogP contribution < -0.4 is 5.32 Å². The molecular formula is C17H20N4O4. The van der Waals surface area contributed by atoms with Gasteiger partial charge in [-0.15, -0.1) is 0 Å². The Morgan fingerprint density at radius 1 is 1.56 bits per heavy atom. The first-order chi connectivity index (χ1) is 11.9. The number of aliphatic hydroxyl groups is 1. The molecule has 2 atom stereocenters. The van der Waals surface area contributed by atoms with Crippen LogP contribution in [0.5, 0.6) is 0 Å². The monoisotopic (exact) mass is 344 g/mol. The first-order valence-corrected chi connectivity index (χ1v) is 8.13. The van der Waals surface area contributed by atoms with E-state index < -0.39 is 4.92 Å². The van der Waals surface area contributed by atoms with E-state index in [0.29, 0.717) is 5.69 Å². The molecule has 132 valence electrons. The number of nitrogens with one attached hydrogen (secondary N) is 1. The summed E-state index contributed by atoms with van der Waals surface area (Å²) in [6.45, 7) is 1.94. The van der Waals surface area contributed by atoms with Crippen molar-refractivity contribution in [3.63, 3.8) is 0 Å². The zero-order valence-electron chi connectivity index (χ0n) is 13.9. The standard InChI is InChI=1S/C17H20N4O4/c1-17(10-22)6-2-3-15(17)19-16(23)12-4-5-13(14(9-12)21(24)25)20-8-7-18-11-20/h4-5,7-9,11,15,22H,2-3,6,10H2,1H3,(H,19,23). The van der Waals surface area contributed by atoms with Crippen LogP contribution in [0.25, 0.3) is 5.69 Å². The van der Waals surface area contributed by atoms with Gasteiger partial charge in [-0.05, 0) is 25.0 Å². The van der Waals surface area contributed by atoms with Crippen LogP contribution in [0, 0.1) is 15.5 Å². The Hall–Kier alpha value is -2.74. The Balaban J connectivity index is 1.86. The number of carbonyl (C=O) groups excluding carboxylic acids is 1. The van der Waals surface area contributed by atoms with E-state index in [1.165, 1.54) is 29.2 Å². The van der Waals surface area contributed by atoms with Crippen LogP contribution in [-0.2, 0) is 0 Å². The number of benzene rings is 1. The van der Waals surface area contributed by atoms with E-state index in [1.54, 1.807) is 12.3 Å². The number of carbonyl (C=O) groups is 1. The molecule has 1 aromatic heterocycles. The summed E-state index contributed by atoms with van der Waals surface area (Å²) in [5.41, 5.74) is 0.0584. The third kappa shape index (κ3) is 3.25. The van der Waals surface area contributed by atoms with Gasteiger partial charge in [-0.2, -0.15) is 0 Å². The zero-order valence-corrected chi connectivity index (χ0v) is 13.9. The van der Waals surface area contributed by atoms with Gasteiger partial charge in [0.15, 0.2) is 0 Å². The summed E-state index contributed by atoms with van der Waals surface area (Å²) < 4.78 is 1.53. The van der Waals surface area contributed by atoms with Gasteiger partial charge >= 0.3 is 0 Å². The molecule has 2 unspecified atom stereocenters. The molecule has 0 spiro atoms. The first-order valence-electron chi connectivity index (χ1n) is 8.13. The van der Waals surface area contributed by atoms with Crippen LogP contribution in [0.3, 0.4) is 0 Å². The molecule has 1 aliphatic carbocycles. The highest BCUT2D eigenvalue weighted by molar-refractivity contribution is 5.95. The summed E-state index contributed by atoms with van der Waals surface area (Å²) in [6.07, 6.45) is 7.16. The van der Waals surface area contributed by atoms with Gasteiger partial charge in [0.25, 0.3) is 11.6 Å². The van der Waals surface area contributed by atoms with Crippen molar-refractivity contribution in [3.05, 3.63) is 52.6 Å². The molecule has 1 aliphatic rings.